The smallest absolute Gasteiger partial charge is 0.302 e. The number of rotatable bonds is 7. The Morgan fingerprint density at radius 3 is 2.21 bits per heavy atom. The molecule has 0 fully saturated rings. The summed E-state index contributed by atoms with van der Waals surface area (Å²) in [6.07, 6.45) is 0. The lowest BCUT2D eigenvalue weighted by Crippen LogP contribution is -2.32. The third kappa shape index (κ3) is 4.65. The Bertz CT molecular complexity index is 746. The topological polar surface area (TPSA) is 78.4 Å². The highest BCUT2D eigenvalue weighted by atomic mass is 32.2. The van der Waals surface area contributed by atoms with E-state index < -0.39 is 10.2 Å². The van der Waals surface area contributed by atoms with Gasteiger partial charge in [0.25, 0.3) is 0 Å². The molecule has 0 aliphatic rings. The molecule has 2 aromatic rings. The van der Waals surface area contributed by atoms with E-state index in [2.05, 4.69) is 45.8 Å². The van der Waals surface area contributed by atoms with Crippen LogP contribution < -0.4 is 9.62 Å². The molecular formula is C16H23N5O2S. The van der Waals surface area contributed by atoms with Crippen LogP contribution in [-0.4, -0.2) is 43.1 Å². The fraction of sp³-hybridized carbons (Fsp3) is 0.375. The van der Waals surface area contributed by atoms with E-state index in [1.54, 1.807) is 12.1 Å². The second kappa shape index (κ2) is 7.59. The molecular weight excluding hydrogens is 326 g/mol. The quantitative estimate of drug-likeness (QED) is 0.828. The average Bonchev–Trinajstić information content (AvgIpc) is 2.54. The number of hydrogen-bond donors (Lipinski definition) is 1. The average molecular weight is 349 g/mol. The highest BCUT2D eigenvalue weighted by Crippen LogP contribution is 2.18. The van der Waals surface area contributed by atoms with Crippen molar-refractivity contribution in [2.24, 2.45) is 0 Å². The molecule has 1 aromatic heterocycles. The van der Waals surface area contributed by atoms with Crippen molar-refractivity contribution in [3.63, 3.8) is 0 Å². The molecule has 0 aliphatic carbocycles. The summed E-state index contributed by atoms with van der Waals surface area (Å²) in [6.45, 7) is 4.86. The molecule has 0 amide bonds. The predicted molar refractivity (Wildman–Crippen MR) is 96.0 cm³/mol. The number of aromatic nitrogens is 2. The Balaban J connectivity index is 2.17. The number of hydrogen-bond acceptors (Lipinski definition) is 5. The lowest BCUT2D eigenvalue weighted by atomic mass is 10.2. The van der Waals surface area contributed by atoms with Crippen LogP contribution in [0.2, 0.25) is 0 Å². The summed E-state index contributed by atoms with van der Waals surface area (Å²) >= 11 is 0. The van der Waals surface area contributed by atoms with Crippen LogP contribution >= 0.6 is 0 Å². The van der Waals surface area contributed by atoms with Gasteiger partial charge in [0.1, 0.15) is 0 Å². The van der Waals surface area contributed by atoms with E-state index in [-0.39, 0.29) is 11.9 Å². The SMILES string of the molecule is CC(C)N(Cc1ccccc1)c1ccc(NS(=O)(=O)N(C)C)nn1. The molecule has 0 unspecified atom stereocenters. The molecule has 1 aromatic carbocycles. The fourth-order valence-electron chi connectivity index (χ4n) is 2.06. The largest absolute Gasteiger partial charge is 0.348 e. The van der Waals surface area contributed by atoms with E-state index in [0.717, 1.165) is 4.31 Å². The van der Waals surface area contributed by atoms with Crippen LogP contribution in [0, 0.1) is 0 Å². The van der Waals surface area contributed by atoms with E-state index in [0.29, 0.717) is 12.4 Å². The van der Waals surface area contributed by atoms with Crippen molar-refractivity contribution in [2.45, 2.75) is 26.4 Å². The van der Waals surface area contributed by atoms with Gasteiger partial charge in [-0.2, -0.15) is 12.7 Å². The lowest BCUT2D eigenvalue weighted by Gasteiger charge is -2.27. The summed E-state index contributed by atoms with van der Waals surface area (Å²) in [5.41, 5.74) is 1.17. The highest BCUT2D eigenvalue weighted by Gasteiger charge is 2.16. The standard InChI is InChI=1S/C16H23N5O2S/c1-13(2)21(12-14-8-6-5-7-9-14)16-11-10-15(17-18-16)19-24(22,23)20(3)4/h5-11,13H,12H2,1-4H3,(H,17,19). The van der Waals surface area contributed by atoms with Gasteiger partial charge in [0.05, 0.1) is 0 Å². The lowest BCUT2D eigenvalue weighted by molar-refractivity contribution is 0.526. The van der Waals surface area contributed by atoms with Gasteiger partial charge in [-0.1, -0.05) is 30.3 Å². The van der Waals surface area contributed by atoms with Crippen LogP contribution in [0.25, 0.3) is 0 Å². The molecule has 0 radical (unpaired) electrons. The minimum atomic E-state index is -3.58. The number of benzene rings is 1. The van der Waals surface area contributed by atoms with E-state index in [4.69, 9.17) is 0 Å². The molecule has 0 spiro atoms. The van der Waals surface area contributed by atoms with Crippen LogP contribution in [0.3, 0.4) is 0 Å². The minimum Gasteiger partial charge on any atom is -0.348 e. The van der Waals surface area contributed by atoms with Gasteiger partial charge in [0.2, 0.25) is 0 Å². The summed E-state index contributed by atoms with van der Waals surface area (Å²) in [5, 5.41) is 8.15. The van der Waals surface area contributed by atoms with Gasteiger partial charge >= 0.3 is 10.2 Å². The Morgan fingerprint density at radius 1 is 1.04 bits per heavy atom. The number of nitrogens with zero attached hydrogens (tertiary/aromatic N) is 4. The Labute approximate surface area is 143 Å². The first-order valence-corrected chi connectivity index (χ1v) is 9.08. The van der Waals surface area contributed by atoms with E-state index in [9.17, 15) is 8.42 Å². The molecule has 8 heteroatoms. The van der Waals surface area contributed by atoms with E-state index in [1.807, 2.05) is 18.2 Å². The molecule has 0 saturated heterocycles. The first-order chi connectivity index (χ1) is 11.3. The van der Waals surface area contributed by atoms with Gasteiger partial charge in [-0.3, -0.25) is 4.72 Å². The molecule has 0 atom stereocenters. The van der Waals surface area contributed by atoms with Crippen LogP contribution in [0.15, 0.2) is 42.5 Å². The second-order valence-electron chi connectivity index (χ2n) is 5.87. The summed E-state index contributed by atoms with van der Waals surface area (Å²) < 4.78 is 27.1. The van der Waals surface area contributed by atoms with E-state index >= 15 is 0 Å². The van der Waals surface area contributed by atoms with E-state index in [1.165, 1.54) is 19.7 Å². The minimum absolute atomic E-state index is 0.191. The van der Waals surface area contributed by atoms with Crippen molar-refractivity contribution < 1.29 is 8.42 Å². The van der Waals surface area contributed by atoms with Crippen molar-refractivity contribution in [1.82, 2.24) is 14.5 Å². The van der Waals surface area contributed by atoms with Gasteiger partial charge in [0, 0.05) is 26.7 Å². The maximum Gasteiger partial charge on any atom is 0.302 e. The molecule has 1 heterocycles. The molecule has 130 valence electrons. The Morgan fingerprint density at radius 2 is 1.71 bits per heavy atom. The van der Waals surface area contributed by atoms with Crippen LogP contribution in [0.5, 0.6) is 0 Å². The monoisotopic (exact) mass is 349 g/mol. The molecule has 24 heavy (non-hydrogen) atoms. The third-order valence-corrected chi connectivity index (χ3v) is 4.91. The molecule has 2 rings (SSSR count). The molecule has 0 saturated carbocycles. The molecule has 0 aliphatic heterocycles. The first-order valence-electron chi connectivity index (χ1n) is 7.64. The van der Waals surface area contributed by atoms with Gasteiger partial charge < -0.3 is 4.90 Å². The third-order valence-electron chi connectivity index (χ3n) is 3.48. The van der Waals surface area contributed by atoms with Gasteiger partial charge in [-0.05, 0) is 31.5 Å². The van der Waals surface area contributed by atoms with Gasteiger partial charge in [-0.25, -0.2) is 0 Å². The Hall–Kier alpha value is -2.19. The number of nitrogens with one attached hydrogen (secondary N) is 1. The maximum absolute atomic E-state index is 11.8. The predicted octanol–water partition coefficient (Wildman–Crippen LogP) is 2.11. The summed E-state index contributed by atoms with van der Waals surface area (Å²) in [5.74, 6) is 0.887. The summed E-state index contributed by atoms with van der Waals surface area (Å²) in [7, 11) is -0.684. The van der Waals surface area contributed by atoms with Crippen LogP contribution in [0.1, 0.15) is 19.4 Å². The zero-order valence-electron chi connectivity index (χ0n) is 14.3. The van der Waals surface area contributed by atoms with Gasteiger partial charge in [0.15, 0.2) is 11.6 Å². The number of anilines is 2. The molecule has 7 nitrogen and oxygen atoms in total. The van der Waals surface area contributed by atoms with Crippen molar-refractivity contribution in [3.8, 4) is 0 Å². The summed E-state index contributed by atoms with van der Waals surface area (Å²) in [4.78, 5) is 2.10. The highest BCUT2D eigenvalue weighted by molar-refractivity contribution is 7.90. The first kappa shape index (κ1) is 18.2. The normalized spacial score (nSPS) is 11.8. The maximum atomic E-state index is 11.8. The van der Waals surface area contributed by atoms with Crippen LogP contribution in [0.4, 0.5) is 11.6 Å². The van der Waals surface area contributed by atoms with Crippen molar-refractivity contribution in [3.05, 3.63) is 48.0 Å². The summed E-state index contributed by atoms with van der Waals surface area (Å²) in [6, 6.07) is 13.7. The second-order valence-corrected chi connectivity index (χ2v) is 7.76. The molecule has 1 N–H and O–H groups in total. The zero-order valence-corrected chi connectivity index (χ0v) is 15.2. The zero-order chi connectivity index (χ0) is 17.7. The van der Waals surface area contributed by atoms with Gasteiger partial charge in [-0.15, -0.1) is 10.2 Å². The fourth-order valence-corrected chi connectivity index (χ4v) is 2.62. The van der Waals surface area contributed by atoms with Crippen LogP contribution in [-0.2, 0) is 16.8 Å². The Kier molecular flexibility index (Phi) is 5.74. The van der Waals surface area contributed by atoms with Crippen molar-refractivity contribution >= 4 is 21.8 Å². The molecule has 0 bridgehead atoms. The van der Waals surface area contributed by atoms with Crippen molar-refractivity contribution in [2.75, 3.05) is 23.7 Å². The van der Waals surface area contributed by atoms with Crippen molar-refractivity contribution in [1.29, 1.82) is 0 Å².